The minimum absolute atomic E-state index is 0.476. The molecule has 1 aliphatic heterocycles. The lowest BCUT2D eigenvalue weighted by Crippen LogP contribution is -2.26. The molecule has 2 rings (SSSR count). The van der Waals surface area contributed by atoms with E-state index in [-0.39, 0.29) is 0 Å². The summed E-state index contributed by atoms with van der Waals surface area (Å²) in [5.41, 5.74) is 2.40. The highest BCUT2D eigenvalue weighted by atomic mass is 32.2. The first-order valence-corrected chi connectivity index (χ1v) is 7.63. The first-order valence-electron chi connectivity index (χ1n) is 5.74. The van der Waals surface area contributed by atoms with Gasteiger partial charge in [-0.1, -0.05) is 0 Å². The molecule has 17 heavy (non-hydrogen) atoms. The van der Waals surface area contributed by atoms with Crippen LogP contribution in [0.1, 0.15) is 17.8 Å². The second-order valence-electron chi connectivity index (χ2n) is 4.28. The van der Waals surface area contributed by atoms with Crippen molar-refractivity contribution in [1.82, 2.24) is 19.6 Å². The van der Waals surface area contributed by atoms with Crippen LogP contribution in [0.25, 0.3) is 0 Å². The molecule has 0 saturated carbocycles. The highest BCUT2D eigenvalue weighted by Crippen LogP contribution is 2.12. The fourth-order valence-corrected chi connectivity index (χ4v) is 2.51. The van der Waals surface area contributed by atoms with Crippen molar-refractivity contribution in [3.63, 3.8) is 0 Å². The van der Waals surface area contributed by atoms with Crippen molar-refractivity contribution in [3.05, 3.63) is 17.7 Å². The molecule has 0 aromatic carbocycles. The van der Waals surface area contributed by atoms with Crippen molar-refractivity contribution in [2.24, 2.45) is 0 Å². The molecule has 0 radical (unpaired) electrons. The molecule has 0 bridgehead atoms. The standard InChI is InChI=1S/C10H18N4O2S/c1-17(15,16)13-4-2-6-14-8-12-9-7-11-5-3-10(9)14/h8,11,13H,2-7H2,1H3. The molecule has 2 N–H and O–H groups in total. The lowest BCUT2D eigenvalue weighted by atomic mass is 10.2. The molecule has 0 fully saturated rings. The van der Waals surface area contributed by atoms with Crippen molar-refractivity contribution in [2.75, 3.05) is 19.3 Å². The number of aromatic nitrogens is 2. The van der Waals surface area contributed by atoms with Gasteiger partial charge in [-0.3, -0.25) is 0 Å². The lowest BCUT2D eigenvalue weighted by Gasteiger charge is -2.15. The maximum absolute atomic E-state index is 10.9. The Kier molecular flexibility index (Phi) is 3.80. The summed E-state index contributed by atoms with van der Waals surface area (Å²) in [7, 11) is -3.07. The number of hydrogen-bond acceptors (Lipinski definition) is 4. The Morgan fingerprint density at radius 1 is 1.59 bits per heavy atom. The van der Waals surface area contributed by atoms with E-state index in [1.807, 2.05) is 6.33 Å². The maximum Gasteiger partial charge on any atom is 0.208 e. The zero-order chi connectivity index (χ0) is 12.3. The summed E-state index contributed by atoms with van der Waals surface area (Å²) in [6.07, 6.45) is 4.80. The Hall–Kier alpha value is -0.920. The van der Waals surface area contributed by atoms with Crippen molar-refractivity contribution >= 4 is 10.0 Å². The SMILES string of the molecule is CS(=O)(=O)NCCCn1cnc2c1CCNC2. The molecule has 2 heterocycles. The summed E-state index contributed by atoms with van der Waals surface area (Å²) >= 11 is 0. The molecular formula is C10H18N4O2S. The van der Waals surface area contributed by atoms with Gasteiger partial charge in [0.1, 0.15) is 0 Å². The van der Waals surface area contributed by atoms with Gasteiger partial charge in [-0.2, -0.15) is 0 Å². The molecule has 1 aliphatic rings. The molecule has 1 aromatic heterocycles. The highest BCUT2D eigenvalue weighted by Gasteiger charge is 2.14. The number of hydrogen-bond donors (Lipinski definition) is 2. The van der Waals surface area contributed by atoms with Crippen LogP contribution in [0, 0.1) is 0 Å². The van der Waals surface area contributed by atoms with E-state index in [4.69, 9.17) is 0 Å². The molecule has 0 spiro atoms. The monoisotopic (exact) mass is 258 g/mol. The number of fused-ring (bicyclic) bond motifs is 1. The van der Waals surface area contributed by atoms with E-state index in [1.165, 1.54) is 11.9 Å². The third-order valence-electron chi connectivity index (χ3n) is 2.80. The number of sulfonamides is 1. The van der Waals surface area contributed by atoms with Crippen molar-refractivity contribution in [2.45, 2.75) is 25.9 Å². The van der Waals surface area contributed by atoms with E-state index in [2.05, 4.69) is 19.6 Å². The van der Waals surface area contributed by atoms with Gasteiger partial charge in [0.15, 0.2) is 0 Å². The number of nitrogens with zero attached hydrogens (tertiary/aromatic N) is 2. The molecule has 0 saturated heterocycles. The van der Waals surface area contributed by atoms with Crippen LogP contribution in [0.3, 0.4) is 0 Å². The number of nitrogens with one attached hydrogen (secondary N) is 2. The van der Waals surface area contributed by atoms with Gasteiger partial charge in [-0.15, -0.1) is 0 Å². The first kappa shape index (κ1) is 12.5. The minimum Gasteiger partial charge on any atom is -0.334 e. The second kappa shape index (κ2) is 5.16. The first-order chi connectivity index (χ1) is 8.06. The van der Waals surface area contributed by atoms with Crippen LogP contribution in [0.4, 0.5) is 0 Å². The lowest BCUT2D eigenvalue weighted by molar-refractivity contribution is 0.557. The highest BCUT2D eigenvalue weighted by molar-refractivity contribution is 7.88. The van der Waals surface area contributed by atoms with Crippen LogP contribution in [-0.2, 0) is 29.5 Å². The quantitative estimate of drug-likeness (QED) is 0.696. The Morgan fingerprint density at radius 3 is 3.18 bits per heavy atom. The van der Waals surface area contributed by atoms with E-state index < -0.39 is 10.0 Å². The van der Waals surface area contributed by atoms with Crippen molar-refractivity contribution < 1.29 is 8.42 Å². The topological polar surface area (TPSA) is 76.0 Å². The largest absolute Gasteiger partial charge is 0.334 e. The van der Waals surface area contributed by atoms with Crippen molar-refractivity contribution in [1.29, 1.82) is 0 Å². The van der Waals surface area contributed by atoms with E-state index in [0.717, 1.165) is 38.2 Å². The van der Waals surface area contributed by atoms with Crippen LogP contribution in [-0.4, -0.2) is 37.3 Å². The van der Waals surface area contributed by atoms with Gasteiger partial charge in [0.05, 0.1) is 18.3 Å². The van der Waals surface area contributed by atoms with Gasteiger partial charge in [0, 0.05) is 38.3 Å². The Morgan fingerprint density at radius 2 is 2.41 bits per heavy atom. The number of rotatable bonds is 5. The Labute approximate surface area is 101 Å². The second-order valence-corrected chi connectivity index (χ2v) is 6.11. The molecule has 7 heteroatoms. The molecule has 0 atom stereocenters. The smallest absolute Gasteiger partial charge is 0.208 e. The maximum atomic E-state index is 10.9. The normalized spacial score (nSPS) is 15.8. The average molecular weight is 258 g/mol. The summed E-state index contributed by atoms with van der Waals surface area (Å²) in [5.74, 6) is 0. The molecule has 0 amide bonds. The van der Waals surface area contributed by atoms with Crippen LogP contribution >= 0.6 is 0 Å². The summed E-state index contributed by atoms with van der Waals surface area (Å²) < 4.78 is 26.4. The van der Waals surface area contributed by atoms with Gasteiger partial charge in [-0.05, 0) is 6.42 Å². The average Bonchev–Trinajstić information content (AvgIpc) is 2.67. The van der Waals surface area contributed by atoms with E-state index >= 15 is 0 Å². The predicted octanol–water partition coefficient (Wildman–Crippen LogP) is -0.532. The van der Waals surface area contributed by atoms with Crippen molar-refractivity contribution in [3.8, 4) is 0 Å². The zero-order valence-corrected chi connectivity index (χ0v) is 10.8. The van der Waals surface area contributed by atoms with Gasteiger partial charge in [0.2, 0.25) is 10.0 Å². The minimum atomic E-state index is -3.07. The van der Waals surface area contributed by atoms with Gasteiger partial charge < -0.3 is 9.88 Å². The van der Waals surface area contributed by atoms with Gasteiger partial charge in [0.25, 0.3) is 0 Å². The fourth-order valence-electron chi connectivity index (χ4n) is 2.00. The van der Waals surface area contributed by atoms with Crippen LogP contribution in [0.2, 0.25) is 0 Å². The van der Waals surface area contributed by atoms with Crippen LogP contribution < -0.4 is 10.0 Å². The molecule has 0 unspecified atom stereocenters. The van der Waals surface area contributed by atoms with Crippen LogP contribution in [0.5, 0.6) is 0 Å². The van der Waals surface area contributed by atoms with Gasteiger partial charge in [-0.25, -0.2) is 18.1 Å². The predicted molar refractivity (Wildman–Crippen MR) is 65.1 cm³/mol. The summed E-state index contributed by atoms with van der Waals surface area (Å²) in [4.78, 5) is 4.35. The molecule has 1 aromatic rings. The summed E-state index contributed by atoms with van der Waals surface area (Å²) in [6, 6.07) is 0. The van der Waals surface area contributed by atoms with E-state index in [1.54, 1.807) is 0 Å². The number of aryl methyl sites for hydroxylation is 1. The molecule has 6 nitrogen and oxygen atoms in total. The van der Waals surface area contributed by atoms with E-state index in [9.17, 15) is 8.42 Å². The number of imidazole rings is 1. The fraction of sp³-hybridized carbons (Fsp3) is 0.700. The zero-order valence-electron chi connectivity index (χ0n) is 9.94. The van der Waals surface area contributed by atoms with Gasteiger partial charge >= 0.3 is 0 Å². The summed E-state index contributed by atoms with van der Waals surface area (Å²) in [6.45, 7) is 3.11. The molecule has 0 aliphatic carbocycles. The van der Waals surface area contributed by atoms with Crippen LogP contribution in [0.15, 0.2) is 6.33 Å². The third kappa shape index (κ3) is 3.52. The summed E-state index contributed by atoms with van der Waals surface area (Å²) in [5, 5.41) is 3.27. The molecular weight excluding hydrogens is 240 g/mol. The molecule has 96 valence electrons. The Balaban J connectivity index is 1.85. The Bertz CT molecular complexity index is 480. The third-order valence-corrected chi connectivity index (χ3v) is 3.53. The van der Waals surface area contributed by atoms with E-state index in [0.29, 0.717) is 6.54 Å².